The van der Waals surface area contributed by atoms with Crippen LogP contribution >= 0.6 is 0 Å². The molecule has 0 aliphatic carbocycles. The average molecular weight is 351 g/mol. The number of halogens is 3. The van der Waals surface area contributed by atoms with Gasteiger partial charge in [0.1, 0.15) is 5.65 Å². The van der Waals surface area contributed by atoms with Gasteiger partial charge in [0.05, 0.1) is 12.0 Å². The van der Waals surface area contributed by atoms with Crippen molar-refractivity contribution in [1.82, 2.24) is 24.3 Å². The van der Waals surface area contributed by atoms with E-state index < -0.39 is 11.9 Å². The quantitative estimate of drug-likeness (QED) is 0.786. The van der Waals surface area contributed by atoms with E-state index in [1.807, 2.05) is 18.4 Å². The summed E-state index contributed by atoms with van der Waals surface area (Å²) in [6.07, 6.45) is -0.543. The maximum Gasteiger partial charge on any atom is 0.434 e. The summed E-state index contributed by atoms with van der Waals surface area (Å²) >= 11 is 0. The van der Waals surface area contributed by atoms with Gasteiger partial charge in [0.25, 0.3) is 5.91 Å². The first-order valence-electron chi connectivity index (χ1n) is 7.58. The number of carbonyl (C=O) groups is 1. The Labute approximate surface area is 141 Å². The van der Waals surface area contributed by atoms with Crippen LogP contribution in [-0.4, -0.2) is 31.4 Å². The molecule has 0 unspecified atom stereocenters. The first kappa shape index (κ1) is 17.0. The molecule has 3 aromatic heterocycles. The van der Waals surface area contributed by atoms with Crippen LogP contribution in [0.4, 0.5) is 13.2 Å². The zero-order valence-corrected chi connectivity index (χ0v) is 13.6. The second kappa shape index (κ2) is 6.23. The maximum atomic E-state index is 12.7. The number of carbonyl (C=O) groups excluding carboxylic acids is 1. The van der Waals surface area contributed by atoms with Crippen LogP contribution in [0.15, 0.2) is 30.9 Å². The van der Waals surface area contributed by atoms with Crippen molar-refractivity contribution in [2.45, 2.75) is 26.6 Å². The summed E-state index contributed by atoms with van der Waals surface area (Å²) < 4.78 is 41.2. The third kappa shape index (κ3) is 3.49. The fraction of sp³-hybridized carbons (Fsp3) is 0.312. The Hall–Kier alpha value is -2.84. The van der Waals surface area contributed by atoms with E-state index in [2.05, 4.69) is 15.3 Å². The molecule has 3 heterocycles. The summed E-state index contributed by atoms with van der Waals surface area (Å²) in [6, 6.07) is 2.79. The number of pyridine rings is 1. The van der Waals surface area contributed by atoms with Gasteiger partial charge in [0.15, 0.2) is 5.69 Å². The van der Waals surface area contributed by atoms with E-state index in [9.17, 15) is 18.0 Å². The second-order valence-electron chi connectivity index (χ2n) is 5.67. The van der Waals surface area contributed by atoms with E-state index in [1.165, 1.54) is 22.7 Å². The van der Waals surface area contributed by atoms with Crippen molar-refractivity contribution in [3.63, 3.8) is 0 Å². The Bertz CT molecular complexity index is 926. The van der Waals surface area contributed by atoms with Crippen LogP contribution in [0.3, 0.4) is 0 Å². The van der Waals surface area contributed by atoms with Gasteiger partial charge in [0.2, 0.25) is 0 Å². The Balaban J connectivity index is 1.68. The highest BCUT2D eigenvalue weighted by atomic mass is 19.4. The van der Waals surface area contributed by atoms with Crippen molar-refractivity contribution >= 4 is 11.6 Å². The lowest BCUT2D eigenvalue weighted by atomic mass is 10.2. The van der Waals surface area contributed by atoms with Crippen LogP contribution in [0.25, 0.3) is 5.65 Å². The molecule has 1 N–H and O–H groups in total. The third-order valence-corrected chi connectivity index (χ3v) is 4.00. The Morgan fingerprint density at radius 3 is 2.72 bits per heavy atom. The molecular formula is C16H16F3N5O. The van der Waals surface area contributed by atoms with Gasteiger partial charge < -0.3 is 14.3 Å². The summed E-state index contributed by atoms with van der Waals surface area (Å²) in [6.45, 7) is 4.78. The fourth-order valence-electron chi connectivity index (χ4n) is 2.42. The molecule has 0 radical (unpaired) electrons. The number of aryl methyl sites for hydroxylation is 1. The molecule has 0 saturated heterocycles. The lowest BCUT2D eigenvalue weighted by Gasteiger charge is -2.08. The predicted octanol–water partition coefficient (Wildman–Crippen LogP) is 2.60. The largest absolute Gasteiger partial charge is 0.434 e. The van der Waals surface area contributed by atoms with Crippen LogP contribution in [0.1, 0.15) is 27.4 Å². The molecule has 6 nitrogen and oxygen atoms in total. The predicted molar refractivity (Wildman–Crippen MR) is 84.2 cm³/mol. The molecule has 0 aromatic carbocycles. The van der Waals surface area contributed by atoms with Crippen molar-refractivity contribution < 1.29 is 18.0 Å². The van der Waals surface area contributed by atoms with Gasteiger partial charge in [0, 0.05) is 36.7 Å². The second-order valence-corrected chi connectivity index (χ2v) is 5.67. The van der Waals surface area contributed by atoms with E-state index in [-0.39, 0.29) is 17.1 Å². The number of aromatic nitrogens is 4. The van der Waals surface area contributed by atoms with Gasteiger partial charge in [-0.3, -0.25) is 4.79 Å². The van der Waals surface area contributed by atoms with E-state index in [1.54, 1.807) is 6.33 Å². The number of alkyl halides is 3. The maximum absolute atomic E-state index is 12.7. The molecule has 9 heteroatoms. The van der Waals surface area contributed by atoms with Gasteiger partial charge in [-0.2, -0.15) is 13.2 Å². The number of amides is 1. The summed E-state index contributed by atoms with van der Waals surface area (Å²) in [7, 11) is 0. The minimum atomic E-state index is -4.52. The van der Waals surface area contributed by atoms with Gasteiger partial charge in [-0.05, 0) is 26.0 Å². The highest BCUT2D eigenvalue weighted by Gasteiger charge is 2.33. The van der Waals surface area contributed by atoms with Gasteiger partial charge in [-0.25, -0.2) is 9.97 Å². The van der Waals surface area contributed by atoms with Gasteiger partial charge in [-0.15, -0.1) is 0 Å². The topological polar surface area (TPSA) is 64.2 Å². The summed E-state index contributed by atoms with van der Waals surface area (Å²) in [5.74, 6) is -0.367. The van der Waals surface area contributed by atoms with E-state index in [0.717, 1.165) is 17.6 Å². The fourth-order valence-corrected chi connectivity index (χ4v) is 2.42. The third-order valence-electron chi connectivity index (χ3n) is 4.00. The molecule has 0 fully saturated rings. The summed E-state index contributed by atoms with van der Waals surface area (Å²) in [5.41, 5.74) is 1.28. The molecule has 3 rings (SSSR count). The van der Waals surface area contributed by atoms with E-state index >= 15 is 0 Å². The highest BCUT2D eigenvalue weighted by molar-refractivity contribution is 5.95. The first-order valence-corrected chi connectivity index (χ1v) is 7.58. The summed E-state index contributed by atoms with van der Waals surface area (Å²) in [5, 5.41) is 2.74. The Morgan fingerprint density at radius 1 is 1.32 bits per heavy atom. The SMILES string of the molecule is Cc1ncn(CCNC(=O)c2ccn3cc(C(F)(F)F)nc3c2)c1C. The lowest BCUT2D eigenvalue weighted by Crippen LogP contribution is -2.27. The number of nitrogens with zero attached hydrogens (tertiary/aromatic N) is 4. The van der Waals surface area contributed by atoms with Crippen LogP contribution in [0.5, 0.6) is 0 Å². The van der Waals surface area contributed by atoms with Crippen LogP contribution in [0, 0.1) is 13.8 Å². The molecule has 0 atom stereocenters. The monoisotopic (exact) mass is 351 g/mol. The lowest BCUT2D eigenvalue weighted by molar-refractivity contribution is -0.140. The number of imidazole rings is 2. The molecule has 1 amide bonds. The number of hydrogen-bond donors (Lipinski definition) is 1. The Morgan fingerprint density at radius 2 is 2.08 bits per heavy atom. The van der Waals surface area contributed by atoms with Crippen LogP contribution in [0.2, 0.25) is 0 Å². The molecule has 0 saturated carbocycles. The van der Waals surface area contributed by atoms with Crippen LogP contribution < -0.4 is 5.32 Å². The molecule has 3 aromatic rings. The normalized spacial score (nSPS) is 11.9. The number of hydrogen-bond acceptors (Lipinski definition) is 3. The van der Waals surface area contributed by atoms with Gasteiger partial charge >= 0.3 is 6.18 Å². The van der Waals surface area contributed by atoms with E-state index in [4.69, 9.17) is 0 Å². The minimum Gasteiger partial charge on any atom is -0.350 e. The molecule has 0 spiro atoms. The standard InChI is InChI=1S/C16H16F3N5O/c1-10-11(2)24(9-21-10)6-4-20-15(25)12-3-5-23-8-13(16(17,18)19)22-14(23)7-12/h3,5,7-9H,4,6H2,1-2H3,(H,20,25). The highest BCUT2D eigenvalue weighted by Crippen LogP contribution is 2.28. The molecule has 0 bridgehead atoms. The number of fused-ring (bicyclic) bond motifs is 1. The molecule has 25 heavy (non-hydrogen) atoms. The Kier molecular flexibility index (Phi) is 4.23. The van der Waals surface area contributed by atoms with Crippen molar-refractivity contribution in [2.24, 2.45) is 0 Å². The molecule has 0 aliphatic heterocycles. The van der Waals surface area contributed by atoms with E-state index in [0.29, 0.717) is 13.1 Å². The molecule has 0 aliphatic rings. The zero-order chi connectivity index (χ0) is 18.2. The minimum absolute atomic E-state index is 0.0704. The van der Waals surface area contributed by atoms with Gasteiger partial charge in [-0.1, -0.05) is 0 Å². The average Bonchev–Trinajstić information content (AvgIpc) is 3.12. The first-order chi connectivity index (χ1) is 11.8. The van der Waals surface area contributed by atoms with Crippen molar-refractivity contribution in [1.29, 1.82) is 0 Å². The zero-order valence-electron chi connectivity index (χ0n) is 13.6. The summed E-state index contributed by atoms with van der Waals surface area (Å²) in [4.78, 5) is 19.9. The molecule has 132 valence electrons. The van der Waals surface area contributed by atoms with Crippen molar-refractivity contribution in [3.8, 4) is 0 Å². The smallest absolute Gasteiger partial charge is 0.350 e. The van der Waals surface area contributed by atoms with Crippen molar-refractivity contribution in [2.75, 3.05) is 6.54 Å². The number of nitrogens with one attached hydrogen (secondary N) is 1. The van der Waals surface area contributed by atoms with Crippen molar-refractivity contribution in [3.05, 3.63) is 53.5 Å². The molecular weight excluding hydrogens is 335 g/mol. The van der Waals surface area contributed by atoms with Crippen LogP contribution in [-0.2, 0) is 12.7 Å². The number of rotatable bonds is 4.